The van der Waals surface area contributed by atoms with E-state index in [1.54, 1.807) is 0 Å². The maximum absolute atomic E-state index is 11.2. The molecule has 2 unspecified atom stereocenters. The molecule has 88 valence electrons. The van der Waals surface area contributed by atoms with Crippen molar-refractivity contribution in [1.29, 1.82) is 0 Å². The minimum Gasteiger partial charge on any atom is -0.390 e. The molecule has 6 N–H and O–H groups in total. The normalized spacial score (nSPS) is 14.4. The molecule has 8 heteroatoms. The van der Waals surface area contributed by atoms with E-state index in [0.29, 0.717) is 0 Å². The molecule has 1 rings (SSSR count). The van der Waals surface area contributed by atoms with Gasteiger partial charge in [0, 0.05) is 6.07 Å². The summed E-state index contributed by atoms with van der Waals surface area (Å²) >= 11 is 0. The zero-order chi connectivity index (χ0) is 12.3. The molecule has 1 heterocycles. The summed E-state index contributed by atoms with van der Waals surface area (Å²) < 4.78 is 0. The number of aliphatic hydroxyl groups excluding tert-OH is 2. The predicted octanol–water partition coefficient (Wildman–Crippen LogP) is -2.67. The van der Waals surface area contributed by atoms with E-state index in [1.165, 1.54) is 0 Å². The van der Waals surface area contributed by atoms with Gasteiger partial charge in [0.2, 0.25) is 5.91 Å². The van der Waals surface area contributed by atoms with Gasteiger partial charge in [0.25, 0.3) is 11.1 Å². The van der Waals surface area contributed by atoms with Crippen molar-refractivity contribution >= 4 is 5.91 Å². The Morgan fingerprint density at radius 2 is 2.00 bits per heavy atom. The first-order chi connectivity index (χ1) is 7.41. The van der Waals surface area contributed by atoms with Gasteiger partial charge in [-0.3, -0.25) is 24.6 Å². The second kappa shape index (κ2) is 4.73. The number of nitrogens with one attached hydrogen (secondary N) is 2. The van der Waals surface area contributed by atoms with Crippen LogP contribution in [-0.4, -0.2) is 32.4 Å². The van der Waals surface area contributed by atoms with Gasteiger partial charge in [-0.2, -0.15) is 0 Å². The van der Waals surface area contributed by atoms with Crippen LogP contribution >= 0.6 is 0 Å². The first-order valence-electron chi connectivity index (χ1n) is 4.38. The molecule has 0 fully saturated rings. The molecular formula is C8H11N3O5. The average molecular weight is 229 g/mol. The zero-order valence-corrected chi connectivity index (χ0v) is 8.14. The van der Waals surface area contributed by atoms with Crippen molar-refractivity contribution in [2.24, 2.45) is 5.73 Å². The lowest BCUT2D eigenvalue weighted by Crippen LogP contribution is -2.31. The lowest BCUT2D eigenvalue weighted by atomic mass is 10.0. The van der Waals surface area contributed by atoms with Crippen molar-refractivity contribution in [1.82, 2.24) is 10.2 Å². The van der Waals surface area contributed by atoms with Gasteiger partial charge < -0.3 is 15.9 Å². The van der Waals surface area contributed by atoms with Crippen LogP contribution in [0.1, 0.15) is 18.1 Å². The van der Waals surface area contributed by atoms with Gasteiger partial charge in [-0.15, -0.1) is 0 Å². The highest BCUT2D eigenvalue weighted by atomic mass is 16.3. The summed E-state index contributed by atoms with van der Waals surface area (Å²) in [7, 11) is 0. The highest BCUT2D eigenvalue weighted by Gasteiger charge is 2.23. The van der Waals surface area contributed by atoms with Crippen LogP contribution in [0.3, 0.4) is 0 Å². The molecule has 1 amide bonds. The van der Waals surface area contributed by atoms with Crippen LogP contribution in [0.25, 0.3) is 0 Å². The summed E-state index contributed by atoms with van der Waals surface area (Å²) in [5.74, 6) is -0.826. The van der Waals surface area contributed by atoms with Crippen LogP contribution in [-0.2, 0) is 4.79 Å². The number of hydrogen-bond donors (Lipinski definition) is 5. The fraction of sp³-hybridized carbons (Fsp3) is 0.375. The summed E-state index contributed by atoms with van der Waals surface area (Å²) in [5, 5.41) is 22.8. The maximum Gasteiger partial charge on any atom is 0.268 e. The third-order valence-corrected chi connectivity index (χ3v) is 1.94. The van der Waals surface area contributed by atoms with Crippen LogP contribution in [0.15, 0.2) is 15.7 Å². The van der Waals surface area contributed by atoms with Crippen molar-refractivity contribution in [2.45, 2.75) is 18.6 Å². The Balaban J connectivity index is 2.99. The molecule has 0 aliphatic carbocycles. The average Bonchev–Trinajstić information content (AvgIpc) is 2.19. The number of amides is 1. The zero-order valence-electron chi connectivity index (χ0n) is 8.14. The number of aromatic nitrogens is 2. The van der Waals surface area contributed by atoms with Crippen LogP contribution in [0.4, 0.5) is 0 Å². The van der Waals surface area contributed by atoms with E-state index in [4.69, 9.17) is 5.73 Å². The third kappa shape index (κ3) is 2.78. The largest absolute Gasteiger partial charge is 0.390 e. The summed E-state index contributed by atoms with van der Waals surface area (Å²) in [5.41, 5.74) is 3.10. The second-order valence-corrected chi connectivity index (χ2v) is 3.23. The number of rotatable bonds is 4. The van der Waals surface area contributed by atoms with Crippen LogP contribution < -0.4 is 16.9 Å². The van der Waals surface area contributed by atoms with Crippen LogP contribution in [0, 0.1) is 0 Å². The first-order valence-corrected chi connectivity index (χ1v) is 4.38. The number of H-pyrrole nitrogens is 2. The van der Waals surface area contributed by atoms with E-state index >= 15 is 0 Å². The van der Waals surface area contributed by atoms with Gasteiger partial charge in [0.1, 0.15) is 6.10 Å². The van der Waals surface area contributed by atoms with E-state index in [1.807, 2.05) is 10.2 Å². The molecule has 0 saturated heterocycles. The Labute approximate surface area is 88.7 Å². The Kier molecular flexibility index (Phi) is 3.59. The lowest BCUT2D eigenvalue weighted by Gasteiger charge is -2.15. The number of aromatic amines is 2. The van der Waals surface area contributed by atoms with Crippen LogP contribution in [0.5, 0.6) is 0 Å². The number of carbonyl (C=O) groups excluding carboxylic acids is 1. The molecule has 8 nitrogen and oxygen atoms in total. The number of primary amides is 1. The molecule has 16 heavy (non-hydrogen) atoms. The molecule has 0 radical (unpaired) electrons. The van der Waals surface area contributed by atoms with Gasteiger partial charge in [-0.25, -0.2) is 0 Å². The van der Waals surface area contributed by atoms with Gasteiger partial charge in [0.15, 0.2) is 0 Å². The third-order valence-electron chi connectivity index (χ3n) is 1.94. The Bertz CT molecular complexity index is 491. The number of hydrogen-bond acceptors (Lipinski definition) is 5. The number of nitrogens with two attached hydrogens (primary N) is 1. The summed E-state index contributed by atoms with van der Waals surface area (Å²) in [6.45, 7) is 0. The second-order valence-electron chi connectivity index (χ2n) is 3.23. The summed E-state index contributed by atoms with van der Waals surface area (Å²) in [6, 6.07) is 0.841. The van der Waals surface area contributed by atoms with E-state index in [0.717, 1.165) is 6.07 Å². The lowest BCUT2D eigenvalue weighted by molar-refractivity contribution is -0.121. The monoisotopic (exact) mass is 229 g/mol. The van der Waals surface area contributed by atoms with Crippen molar-refractivity contribution in [2.75, 3.05) is 0 Å². The maximum atomic E-state index is 11.2. The van der Waals surface area contributed by atoms with Gasteiger partial charge in [-0.05, 0) is 0 Å². The molecule has 1 aromatic rings. The van der Waals surface area contributed by atoms with Gasteiger partial charge >= 0.3 is 0 Å². The molecule has 0 aliphatic rings. The quantitative estimate of drug-likeness (QED) is 0.381. The topological polar surface area (TPSA) is 149 Å². The smallest absolute Gasteiger partial charge is 0.268 e. The molecule has 0 aliphatic heterocycles. The van der Waals surface area contributed by atoms with E-state index in [-0.39, 0.29) is 5.56 Å². The van der Waals surface area contributed by atoms with Crippen molar-refractivity contribution in [3.63, 3.8) is 0 Å². The molecular weight excluding hydrogens is 218 g/mol. The van der Waals surface area contributed by atoms with Crippen molar-refractivity contribution < 1.29 is 15.0 Å². The molecule has 0 saturated carbocycles. The van der Waals surface area contributed by atoms with E-state index in [2.05, 4.69) is 0 Å². The molecule has 0 aromatic carbocycles. The fourth-order valence-corrected chi connectivity index (χ4v) is 1.18. The fourth-order valence-electron chi connectivity index (χ4n) is 1.18. The molecule has 0 spiro atoms. The predicted molar refractivity (Wildman–Crippen MR) is 52.5 cm³/mol. The van der Waals surface area contributed by atoms with Gasteiger partial charge in [-0.1, -0.05) is 0 Å². The van der Waals surface area contributed by atoms with E-state index < -0.39 is 35.7 Å². The number of aliphatic hydroxyl groups is 2. The van der Waals surface area contributed by atoms with Gasteiger partial charge in [0.05, 0.1) is 18.1 Å². The molecule has 0 bridgehead atoms. The molecule has 2 atom stereocenters. The van der Waals surface area contributed by atoms with Crippen molar-refractivity contribution in [3.8, 4) is 0 Å². The van der Waals surface area contributed by atoms with Crippen LogP contribution in [0.2, 0.25) is 0 Å². The Hall–Kier alpha value is -1.93. The summed E-state index contributed by atoms with van der Waals surface area (Å²) in [4.78, 5) is 32.6. The first kappa shape index (κ1) is 12.1. The minimum absolute atomic E-state index is 0.322. The summed E-state index contributed by atoms with van der Waals surface area (Å²) in [6.07, 6.45) is -3.67. The highest BCUT2D eigenvalue weighted by molar-refractivity contribution is 5.74. The molecule has 1 aromatic heterocycles. The number of carbonyl (C=O) groups is 1. The Morgan fingerprint density at radius 1 is 1.38 bits per heavy atom. The standard InChI is InChI=1S/C8H11N3O5/c9-5(13)2-4(12)7(15)3-1-6(14)10-11-8(3)16/h1,4,7,12,15H,2H2,(H2,9,13)(H,10,14)(H,11,16). The van der Waals surface area contributed by atoms with Crippen molar-refractivity contribution in [3.05, 3.63) is 32.3 Å². The SMILES string of the molecule is NC(=O)CC(O)C(O)c1cc(=O)[nH][nH]c1=O. The highest BCUT2D eigenvalue weighted by Crippen LogP contribution is 2.13. The van der Waals surface area contributed by atoms with E-state index in [9.17, 15) is 24.6 Å². The Morgan fingerprint density at radius 3 is 2.56 bits per heavy atom. The minimum atomic E-state index is -1.64.